The number of nitrogens with one attached hydrogen (secondary N) is 2. The van der Waals surface area contributed by atoms with Crippen molar-refractivity contribution in [2.75, 3.05) is 46.7 Å². The van der Waals surface area contributed by atoms with Gasteiger partial charge in [0.1, 0.15) is 11.5 Å². The van der Waals surface area contributed by atoms with E-state index in [1.54, 1.807) is 26.4 Å². The van der Waals surface area contributed by atoms with Crippen molar-refractivity contribution in [3.8, 4) is 11.5 Å². The molecule has 0 radical (unpaired) electrons. The molecule has 1 aromatic rings. The molecule has 2 N–H and O–H groups in total. The van der Waals surface area contributed by atoms with Gasteiger partial charge in [-0.1, -0.05) is 11.6 Å². The van der Waals surface area contributed by atoms with E-state index < -0.39 is 0 Å². The largest absolute Gasteiger partial charge is 0.495 e. The molecule has 1 aromatic carbocycles. The quantitative estimate of drug-likeness (QED) is 0.591. The summed E-state index contributed by atoms with van der Waals surface area (Å²) in [6.07, 6.45) is 1.01. The van der Waals surface area contributed by atoms with Crippen molar-refractivity contribution < 1.29 is 9.47 Å². The predicted octanol–water partition coefficient (Wildman–Crippen LogP) is 2.60. The van der Waals surface area contributed by atoms with Crippen molar-refractivity contribution in [2.45, 2.75) is 6.42 Å². The Balaban J connectivity index is 2.62. The van der Waals surface area contributed by atoms with Gasteiger partial charge in [0, 0.05) is 18.7 Å². The summed E-state index contributed by atoms with van der Waals surface area (Å²) in [5, 5.41) is 7.28. The van der Waals surface area contributed by atoms with Gasteiger partial charge in [-0.05, 0) is 39.3 Å². The molecule has 0 aromatic heterocycles. The van der Waals surface area contributed by atoms with Crippen LogP contribution >= 0.6 is 23.8 Å². The van der Waals surface area contributed by atoms with Crippen LogP contribution < -0.4 is 20.1 Å². The number of methoxy groups -OCH3 is 2. The van der Waals surface area contributed by atoms with Gasteiger partial charge in [-0.3, -0.25) is 0 Å². The molecule has 1 rings (SSSR count). The monoisotopic (exact) mass is 331 g/mol. The Hall–Kier alpha value is -1.24. The van der Waals surface area contributed by atoms with E-state index in [0.717, 1.165) is 19.5 Å². The van der Waals surface area contributed by atoms with Crippen LogP contribution in [-0.4, -0.2) is 51.4 Å². The molecule has 0 amide bonds. The second-order valence-corrected chi connectivity index (χ2v) is 5.54. The number of hydrogen-bond acceptors (Lipinski definition) is 4. The van der Waals surface area contributed by atoms with Gasteiger partial charge in [-0.25, -0.2) is 0 Å². The molecular weight excluding hydrogens is 310 g/mol. The molecule has 0 aliphatic rings. The SMILES string of the molecule is COc1cc(NC(=S)NCCCN(C)C)c(OC)cc1Cl. The first-order valence-corrected chi connectivity index (χ1v) is 7.37. The maximum atomic E-state index is 6.06. The molecule has 0 fully saturated rings. The lowest BCUT2D eigenvalue weighted by molar-refractivity contribution is 0.400. The van der Waals surface area contributed by atoms with E-state index in [1.807, 2.05) is 14.1 Å². The zero-order valence-electron chi connectivity index (χ0n) is 12.8. The lowest BCUT2D eigenvalue weighted by Gasteiger charge is -2.16. The maximum Gasteiger partial charge on any atom is 0.170 e. The molecule has 0 aliphatic heterocycles. The molecule has 0 saturated carbocycles. The van der Waals surface area contributed by atoms with Gasteiger partial charge >= 0.3 is 0 Å². The van der Waals surface area contributed by atoms with E-state index in [1.165, 1.54) is 0 Å². The summed E-state index contributed by atoms with van der Waals surface area (Å²) in [5.41, 5.74) is 0.712. The number of nitrogens with zero attached hydrogens (tertiary/aromatic N) is 1. The van der Waals surface area contributed by atoms with E-state index >= 15 is 0 Å². The summed E-state index contributed by atoms with van der Waals surface area (Å²) in [6.45, 7) is 1.81. The summed E-state index contributed by atoms with van der Waals surface area (Å²) >= 11 is 11.3. The first kappa shape index (κ1) is 17.8. The first-order chi connectivity index (χ1) is 9.97. The first-order valence-electron chi connectivity index (χ1n) is 6.59. The molecule has 0 aliphatic carbocycles. The van der Waals surface area contributed by atoms with Gasteiger partial charge in [0.05, 0.1) is 24.9 Å². The number of ether oxygens (including phenoxy) is 2. The topological polar surface area (TPSA) is 45.8 Å². The third-order valence-electron chi connectivity index (χ3n) is 2.79. The zero-order chi connectivity index (χ0) is 15.8. The molecule has 0 bridgehead atoms. The molecule has 5 nitrogen and oxygen atoms in total. The van der Waals surface area contributed by atoms with E-state index in [2.05, 4.69) is 15.5 Å². The Morgan fingerprint density at radius 2 is 1.90 bits per heavy atom. The fourth-order valence-corrected chi connectivity index (χ4v) is 2.16. The lowest BCUT2D eigenvalue weighted by Crippen LogP contribution is -2.31. The molecule has 0 spiro atoms. The minimum atomic E-state index is 0.491. The van der Waals surface area contributed by atoms with Crippen LogP contribution in [0.4, 0.5) is 5.69 Å². The van der Waals surface area contributed by atoms with Crippen LogP contribution in [0, 0.1) is 0 Å². The van der Waals surface area contributed by atoms with Crippen molar-refractivity contribution in [3.05, 3.63) is 17.2 Å². The predicted molar refractivity (Wildman–Crippen MR) is 92.0 cm³/mol. The fraction of sp³-hybridized carbons (Fsp3) is 0.500. The van der Waals surface area contributed by atoms with Crippen LogP contribution in [-0.2, 0) is 0 Å². The third kappa shape index (κ3) is 5.95. The minimum Gasteiger partial charge on any atom is -0.495 e. The van der Waals surface area contributed by atoms with E-state index in [9.17, 15) is 0 Å². The smallest absolute Gasteiger partial charge is 0.170 e. The third-order valence-corrected chi connectivity index (χ3v) is 3.33. The maximum absolute atomic E-state index is 6.06. The number of hydrogen-bond donors (Lipinski definition) is 2. The molecule has 0 saturated heterocycles. The van der Waals surface area contributed by atoms with E-state index in [-0.39, 0.29) is 0 Å². The minimum absolute atomic E-state index is 0.491. The van der Waals surface area contributed by atoms with Gasteiger partial charge in [-0.15, -0.1) is 0 Å². The van der Waals surface area contributed by atoms with E-state index in [0.29, 0.717) is 27.3 Å². The molecule has 118 valence electrons. The molecular formula is C14H22ClN3O2S. The summed E-state index contributed by atoms with van der Waals surface area (Å²) in [6, 6.07) is 3.45. The van der Waals surface area contributed by atoms with Crippen molar-refractivity contribution in [2.24, 2.45) is 0 Å². The van der Waals surface area contributed by atoms with Gasteiger partial charge < -0.3 is 25.0 Å². The van der Waals surface area contributed by atoms with Crippen LogP contribution in [0.25, 0.3) is 0 Å². The highest BCUT2D eigenvalue weighted by Crippen LogP contribution is 2.35. The fourth-order valence-electron chi connectivity index (χ4n) is 1.72. The second kappa shape index (κ2) is 8.92. The summed E-state index contributed by atoms with van der Waals surface area (Å²) in [5.74, 6) is 1.17. The standard InChI is InChI=1S/C14H22ClN3O2S/c1-18(2)7-5-6-16-14(21)17-11-9-12(19-3)10(15)8-13(11)20-4/h8-9H,5-7H2,1-4H3,(H2,16,17,21). The number of halogens is 1. The Labute approximate surface area is 136 Å². The zero-order valence-corrected chi connectivity index (χ0v) is 14.4. The average molecular weight is 332 g/mol. The Morgan fingerprint density at radius 3 is 2.48 bits per heavy atom. The van der Waals surface area contributed by atoms with Crippen LogP contribution in [0.15, 0.2) is 12.1 Å². The highest BCUT2D eigenvalue weighted by Gasteiger charge is 2.10. The van der Waals surface area contributed by atoms with Crippen LogP contribution in [0.2, 0.25) is 5.02 Å². The Bertz CT molecular complexity index is 484. The molecule has 0 heterocycles. The normalized spacial score (nSPS) is 10.4. The molecule has 7 heteroatoms. The van der Waals surface area contributed by atoms with E-state index in [4.69, 9.17) is 33.3 Å². The molecule has 0 unspecified atom stereocenters. The average Bonchev–Trinajstić information content (AvgIpc) is 2.44. The van der Waals surface area contributed by atoms with Gasteiger partial charge in [0.2, 0.25) is 0 Å². The van der Waals surface area contributed by atoms with Crippen LogP contribution in [0.3, 0.4) is 0 Å². The van der Waals surface area contributed by atoms with Crippen molar-refractivity contribution >= 4 is 34.6 Å². The highest BCUT2D eigenvalue weighted by molar-refractivity contribution is 7.80. The van der Waals surface area contributed by atoms with Crippen molar-refractivity contribution in [1.82, 2.24) is 10.2 Å². The van der Waals surface area contributed by atoms with Gasteiger partial charge in [0.25, 0.3) is 0 Å². The van der Waals surface area contributed by atoms with Gasteiger partial charge in [-0.2, -0.15) is 0 Å². The Morgan fingerprint density at radius 1 is 1.24 bits per heavy atom. The second-order valence-electron chi connectivity index (χ2n) is 4.72. The lowest BCUT2D eigenvalue weighted by atomic mass is 10.2. The number of rotatable bonds is 7. The highest BCUT2D eigenvalue weighted by atomic mass is 35.5. The number of benzene rings is 1. The summed E-state index contributed by atoms with van der Waals surface area (Å²) < 4.78 is 10.5. The Kier molecular flexibility index (Phi) is 7.56. The number of thiocarbonyl (C=S) groups is 1. The number of anilines is 1. The van der Waals surface area contributed by atoms with Crippen molar-refractivity contribution in [1.29, 1.82) is 0 Å². The van der Waals surface area contributed by atoms with Crippen LogP contribution in [0.5, 0.6) is 11.5 Å². The summed E-state index contributed by atoms with van der Waals surface area (Å²) in [4.78, 5) is 2.13. The molecule has 21 heavy (non-hydrogen) atoms. The summed E-state index contributed by atoms with van der Waals surface area (Å²) in [7, 11) is 7.23. The van der Waals surface area contributed by atoms with Crippen molar-refractivity contribution in [3.63, 3.8) is 0 Å². The molecule has 0 atom stereocenters. The van der Waals surface area contributed by atoms with Gasteiger partial charge in [0.15, 0.2) is 5.11 Å². The van der Waals surface area contributed by atoms with Crippen LogP contribution in [0.1, 0.15) is 6.42 Å².